The number of thiophene rings is 1. The zero-order valence-electron chi connectivity index (χ0n) is 11.6. The van der Waals surface area contributed by atoms with Gasteiger partial charge in [0.2, 0.25) is 0 Å². The SMILES string of the molecule is Cc1ccc(C(=O)N2CC[C@H](C(=O)O)c3ccccc32)s1. The number of carboxylic acids is 1. The van der Waals surface area contributed by atoms with Crippen molar-refractivity contribution >= 4 is 28.9 Å². The smallest absolute Gasteiger partial charge is 0.311 e. The maximum Gasteiger partial charge on any atom is 0.311 e. The van der Waals surface area contributed by atoms with Gasteiger partial charge in [-0.15, -0.1) is 11.3 Å². The van der Waals surface area contributed by atoms with E-state index in [4.69, 9.17) is 0 Å². The number of carbonyl (C=O) groups excluding carboxylic acids is 1. The summed E-state index contributed by atoms with van der Waals surface area (Å²) < 4.78 is 0. The molecule has 1 aliphatic heterocycles. The number of benzene rings is 1. The van der Waals surface area contributed by atoms with Crippen molar-refractivity contribution in [1.82, 2.24) is 0 Å². The molecule has 1 N–H and O–H groups in total. The number of amides is 1. The molecule has 0 fully saturated rings. The van der Waals surface area contributed by atoms with Gasteiger partial charge >= 0.3 is 5.97 Å². The van der Waals surface area contributed by atoms with Gasteiger partial charge in [-0.3, -0.25) is 9.59 Å². The highest BCUT2D eigenvalue weighted by Gasteiger charge is 2.32. The first-order chi connectivity index (χ1) is 10.1. The number of aliphatic carboxylic acids is 1. The number of para-hydroxylation sites is 1. The average Bonchev–Trinajstić information content (AvgIpc) is 2.91. The first-order valence-electron chi connectivity index (χ1n) is 6.78. The molecule has 1 aromatic carbocycles. The fourth-order valence-corrected chi connectivity index (χ4v) is 3.53. The molecule has 2 aromatic rings. The molecule has 0 unspecified atom stereocenters. The highest BCUT2D eigenvalue weighted by Crippen LogP contribution is 2.36. The lowest BCUT2D eigenvalue weighted by molar-refractivity contribution is -0.139. The molecule has 0 aliphatic carbocycles. The molecule has 0 spiro atoms. The first kappa shape index (κ1) is 13.8. The molecule has 2 heterocycles. The quantitative estimate of drug-likeness (QED) is 0.926. The summed E-state index contributed by atoms with van der Waals surface area (Å²) in [5.74, 6) is -1.42. The van der Waals surface area contributed by atoms with Crippen LogP contribution in [0.3, 0.4) is 0 Å². The van der Waals surface area contributed by atoms with Crippen molar-refractivity contribution in [1.29, 1.82) is 0 Å². The average molecular weight is 301 g/mol. The summed E-state index contributed by atoms with van der Waals surface area (Å²) in [6.45, 7) is 2.40. The Morgan fingerprint density at radius 2 is 2.00 bits per heavy atom. The maximum absolute atomic E-state index is 12.6. The maximum atomic E-state index is 12.6. The van der Waals surface area contributed by atoms with Gasteiger partial charge in [-0.25, -0.2) is 0 Å². The summed E-state index contributed by atoms with van der Waals surface area (Å²) in [7, 11) is 0. The zero-order chi connectivity index (χ0) is 15.0. The van der Waals surface area contributed by atoms with E-state index in [1.807, 2.05) is 37.3 Å². The van der Waals surface area contributed by atoms with Crippen LogP contribution < -0.4 is 4.90 Å². The van der Waals surface area contributed by atoms with Crippen molar-refractivity contribution in [3.63, 3.8) is 0 Å². The van der Waals surface area contributed by atoms with Gasteiger partial charge in [0.05, 0.1) is 10.8 Å². The third-order valence-electron chi connectivity index (χ3n) is 3.74. The van der Waals surface area contributed by atoms with E-state index in [0.29, 0.717) is 23.5 Å². The summed E-state index contributed by atoms with van der Waals surface area (Å²) in [5, 5.41) is 9.33. The Labute approximate surface area is 126 Å². The van der Waals surface area contributed by atoms with Gasteiger partial charge in [0, 0.05) is 17.1 Å². The number of carbonyl (C=O) groups is 2. The van der Waals surface area contributed by atoms with Gasteiger partial charge < -0.3 is 10.0 Å². The summed E-state index contributed by atoms with van der Waals surface area (Å²) >= 11 is 1.46. The molecule has 1 aromatic heterocycles. The zero-order valence-corrected chi connectivity index (χ0v) is 12.4. The summed E-state index contributed by atoms with van der Waals surface area (Å²) in [6.07, 6.45) is 0.447. The molecule has 21 heavy (non-hydrogen) atoms. The Morgan fingerprint density at radius 1 is 1.24 bits per heavy atom. The van der Waals surface area contributed by atoms with Crippen LogP contribution in [-0.4, -0.2) is 23.5 Å². The molecule has 0 radical (unpaired) electrons. The number of aryl methyl sites for hydroxylation is 1. The van der Waals surface area contributed by atoms with E-state index in [2.05, 4.69) is 0 Å². The molecule has 1 amide bonds. The van der Waals surface area contributed by atoms with E-state index in [9.17, 15) is 14.7 Å². The molecule has 0 saturated carbocycles. The van der Waals surface area contributed by atoms with E-state index in [0.717, 1.165) is 10.4 Å². The molecular weight excluding hydrogens is 286 g/mol. The first-order valence-corrected chi connectivity index (χ1v) is 7.59. The lowest BCUT2D eigenvalue weighted by atomic mass is 9.90. The van der Waals surface area contributed by atoms with Gasteiger partial charge in [0.25, 0.3) is 5.91 Å². The Bertz CT molecular complexity index is 707. The number of carboxylic acid groups (broad SMARTS) is 1. The monoisotopic (exact) mass is 301 g/mol. The topological polar surface area (TPSA) is 57.6 Å². The molecule has 1 atom stereocenters. The third kappa shape index (κ3) is 2.45. The molecule has 5 heteroatoms. The number of hydrogen-bond acceptors (Lipinski definition) is 3. The van der Waals surface area contributed by atoms with E-state index >= 15 is 0 Å². The van der Waals surface area contributed by atoms with E-state index in [1.54, 1.807) is 11.0 Å². The van der Waals surface area contributed by atoms with Crippen LogP contribution in [0.5, 0.6) is 0 Å². The molecule has 4 nitrogen and oxygen atoms in total. The Morgan fingerprint density at radius 3 is 2.67 bits per heavy atom. The van der Waals surface area contributed by atoms with Crippen LogP contribution >= 0.6 is 11.3 Å². The lowest BCUT2D eigenvalue weighted by Gasteiger charge is -2.32. The van der Waals surface area contributed by atoms with Crippen LogP contribution in [0.1, 0.15) is 32.5 Å². The molecular formula is C16H15NO3S. The van der Waals surface area contributed by atoms with E-state index < -0.39 is 11.9 Å². The van der Waals surface area contributed by atoms with Gasteiger partial charge in [0.15, 0.2) is 0 Å². The number of hydrogen-bond donors (Lipinski definition) is 1. The van der Waals surface area contributed by atoms with Crippen LogP contribution in [0.4, 0.5) is 5.69 Å². The predicted octanol–water partition coefficient (Wildman–Crippen LogP) is 3.28. The van der Waals surface area contributed by atoms with Crippen molar-refractivity contribution in [3.8, 4) is 0 Å². The van der Waals surface area contributed by atoms with Crippen LogP contribution in [0, 0.1) is 6.92 Å². The Hall–Kier alpha value is -2.14. The minimum absolute atomic E-state index is 0.0515. The second-order valence-electron chi connectivity index (χ2n) is 5.11. The third-order valence-corrected chi connectivity index (χ3v) is 4.73. The second kappa shape index (κ2) is 5.33. The normalized spacial score (nSPS) is 17.4. The van der Waals surface area contributed by atoms with Crippen LogP contribution in [0.15, 0.2) is 36.4 Å². The van der Waals surface area contributed by atoms with Crippen LogP contribution in [0.2, 0.25) is 0 Å². The number of fused-ring (bicyclic) bond motifs is 1. The Balaban J connectivity index is 2.00. The molecule has 0 bridgehead atoms. The molecule has 108 valence electrons. The highest BCUT2D eigenvalue weighted by molar-refractivity contribution is 7.14. The number of rotatable bonds is 2. The van der Waals surface area contributed by atoms with Crippen molar-refractivity contribution in [3.05, 3.63) is 51.7 Å². The molecule has 1 aliphatic rings. The Kier molecular flexibility index (Phi) is 3.51. The number of anilines is 1. The van der Waals surface area contributed by atoms with E-state index in [-0.39, 0.29) is 5.91 Å². The molecule has 0 saturated heterocycles. The highest BCUT2D eigenvalue weighted by atomic mass is 32.1. The summed E-state index contributed by atoms with van der Waals surface area (Å²) in [5.41, 5.74) is 1.44. The van der Waals surface area contributed by atoms with Crippen molar-refractivity contribution in [2.45, 2.75) is 19.3 Å². The van der Waals surface area contributed by atoms with Crippen LogP contribution in [0.25, 0.3) is 0 Å². The molecule has 3 rings (SSSR count). The van der Waals surface area contributed by atoms with Crippen molar-refractivity contribution in [2.24, 2.45) is 0 Å². The minimum atomic E-state index is -0.832. The summed E-state index contributed by atoms with van der Waals surface area (Å²) in [6, 6.07) is 11.0. The fourth-order valence-electron chi connectivity index (χ4n) is 2.71. The van der Waals surface area contributed by atoms with Crippen molar-refractivity contribution in [2.75, 3.05) is 11.4 Å². The lowest BCUT2D eigenvalue weighted by Crippen LogP contribution is -2.37. The summed E-state index contributed by atoms with van der Waals surface area (Å²) in [4.78, 5) is 27.5. The standard InChI is InChI=1S/C16H15NO3S/c1-10-6-7-14(21-10)15(18)17-9-8-12(16(19)20)11-4-2-3-5-13(11)17/h2-7,12H,8-9H2,1H3,(H,19,20)/t12-/m0/s1. The largest absolute Gasteiger partial charge is 0.481 e. The van der Waals surface area contributed by atoms with Crippen LogP contribution in [-0.2, 0) is 4.79 Å². The predicted molar refractivity (Wildman–Crippen MR) is 82.2 cm³/mol. The van der Waals surface area contributed by atoms with Gasteiger partial charge in [-0.1, -0.05) is 18.2 Å². The number of nitrogens with zero attached hydrogens (tertiary/aromatic N) is 1. The van der Waals surface area contributed by atoms with Gasteiger partial charge in [0.1, 0.15) is 0 Å². The van der Waals surface area contributed by atoms with Gasteiger partial charge in [-0.2, -0.15) is 0 Å². The minimum Gasteiger partial charge on any atom is -0.481 e. The second-order valence-corrected chi connectivity index (χ2v) is 6.39. The van der Waals surface area contributed by atoms with Crippen molar-refractivity contribution < 1.29 is 14.7 Å². The van der Waals surface area contributed by atoms with Gasteiger partial charge in [-0.05, 0) is 37.1 Å². The fraction of sp³-hybridized carbons (Fsp3) is 0.250. The van der Waals surface area contributed by atoms with E-state index in [1.165, 1.54) is 11.3 Å².